The monoisotopic (exact) mass is 389 g/mol. The summed E-state index contributed by atoms with van der Waals surface area (Å²) in [5, 5.41) is 3.77. The highest BCUT2D eigenvalue weighted by Crippen LogP contribution is 2.27. The quantitative estimate of drug-likeness (QED) is 0.510. The van der Waals surface area contributed by atoms with Crippen molar-refractivity contribution in [2.45, 2.75) is 70.3 Å². The van der Waals surface area contributed by atoms with E-state index in [2.05, 4.69) is 26.1 Å². The number of rotatable bonds is 9. The largest absolute Gasteiger partial charge is 0.355 e. The van der Waals surface area contributed by atoms with Crippen molar-refractivity contribution in [1.29, 1.82) is 0 Å². The first-order valence-corrected chi connectivity index (χ1v) is 10.7. The first kappa shape index (κ1) is 21.5. The van der Waals surface area contributed by atoms with Crippen molar-refractivity contribution in [1.82, 2.24) is 14.9 Å². The molecule has 1 aromatic heterocycles. The number of aromatic nitrogens is 2. The first-order chi connectivity index (χ1) is 12.8. The van der Waals surface area contributed by atoms with Gasteiger partial charge in [0.15, 0.2) is 5.16 Å². The Morgan fingerprint density at radius 1 is 1.19 bits per heavy atom. The number of amides is 1. The molecule has 0 radical (unpaired) electrons. The summed E-state index contributed by atoms with van der Waals surface area (Å²) in [6.07, 6.45) is 3.12. The summed E-state index contributed by atoms with van der Waals surface area (Å²) in [4.78, 5) is 30.1. The summed E-state index contributed by atoms with van der Waals surface area (Å²) in [5.41, 5.74) is 0.655. The number of hydrogen-bond donors (Lipinski definition) is 1. The minimum atomic E-state index is -0.313. The van der Waals surface area contributed by atoms with E-state index in [9.17, 15) is 9.59 Å². The Morgan fingerprint density at radius 3 is 2.56 bits per heavy atom. The number of nitrogens with zero attached hydrogens (tertiary/aromatic N) is 2. The Balaban J connectivity index is 2.40. The molecule has 0 saturated carbocycles. The number of carbonyl (C=O) groups is 1. The number of nitrogens with one attached hydrogen (secondary N) is 1. The molecular weight excluding hydrogens is 358 g/mol. The van der Waals surface area contributed by atoms with Gasteiger partial charge in [0.2, 0.25) is 5.91 Å². The molecule has 148 valence electrons. The van der Waals surface area contributed by atoms with Crippen LogP contribution in [0.1, 0.15) is 59.9 Å². The van der Waals surface area contributed by atoms with Crippen LogP contribution in [-0.2, 0) is 4.79 Å². The fourth-order valence-corrected chi connectivity index (χ4v) is 4.11. The molecule has 0 bridgehead atoms. The van der Waals surface area contributed by atoms with E-state index in [1.807, 2.05) is 38.1 Å². The van der Waals surface area contributed by atoms with Gasteiger partial charge in [-0.3, -0.25) is 14.2 Å². The van der Waals surface area contributed by atoms with Crippen LogP contribution in [0.15, 0.2) is 34.2 Å². The van der Waals surface area contributed by atoms with Gasteiger partial charge in [-0.25, -0.2) is 4.98 Å². The van der Waals surface area contributed by atoms with Crippen LogP contribution < -0.4 is 10.9 Å². The van der Waals surface area contributed by atoms with Crippen LogP contribution in [0.5, 0.6) is 0 Å². The highest BCUT2D eigenvalue weighted by atomic mass is 32.2. The van der Waals surface area contributed by atoms with Gasteiger partial charge < -0.3 is 5.32 Å². The molecule has 0 fully saturated rings. The molecule has 0 unspecified atom stereocenters. The number of hydrogen-bond acceptors (Lipinski definition) is 4. The molecule has 2 aromatic rings. The maximum Gasteiger partial charge on any atom is 0.262 e. The lowest BCUT2D eigenvalue weighted by Crippen LogP contribution is -2.32. The van der Waals surface area contributed by atoms with Gasteiger partial charge in [-0.1, -0.05) is 50.6 Å². The van der Waals surface area contributed by atoms with Crippen molar-refractivity contribution >= 4 is 28.6 Å². The lowest BCUT2D eigenvalue weighted by atomic mass is 10.0. The zero-order valence-corrected chi connectivity index (χ0v) is 17.8. The first-order valence-electron chi connectivity index (χ1n) is 9.80. The van der Waals surface area contributed by atoms with Crippen molar-refractivity contribution in [3.63, 3.8) is 0 Å². The minimum absolute atomic E-state index is 0.0248. The van der Waals surface area contributed by atoms with Crippen molar-refractivity contribution in [3.05, 3.63) is 34.6 Å². The van der Waals surface area contributed by atoms with Gasteiger partial charge in [-0.2, -0.15) is 0 Å². The number of benzene rings is 1. The Hall–Kier alpha value is -1.82. The smallest absolute Gasteiger partial charge is 0.262 e. The molecule has 6 heteroatoms. The van der Waals surface area contributed by atoms with E-state index in [0.29, 0.717) is 28.5 Å². The molecule has 0 spiro atoms. The van der Waals surface area contributed by atoms with Crippen molar-refractivity contribution < 1.29 is 4.79 Å². The summed E-state index contributed by atoms with van der Waals surface area (Å²) in [5.74, 6) is 0.610. The molecule has 27 heavy (non-hydrogen) atoms. The highest BCUT2D eigenvalue weighted by molar-refractivity contribution is 8.00. The summed E-state index contributed by atoms with van der Waals surface area (Å²) in [6, 6.07) is 7.46. The standard InChI is InChI=1S/C21H31N3O2S/c1-6-22-19(25)16(5)27-21-23-18-13-8-7-12-17(18)20(26)24(21)15(4)11-9-10-14(2)3/h7-8,12-16H,6,9-11H2,1-5H3,(H,22,25)/t15-,16+/m1/s1. The van der Waals surface area contributed by atoms with E-state index < -0.39 is 0 Å². The molecule has 2 atom stereocenters. The number of carbonyl (C=O) groups excluding carboxylic acids is 1. The third-order valence-electron chi connectivity index (χ3n) is 4.62. The predicted octanol–water partition coefficient (Wildman–Crippen LogP) is 4.40. The Labute approximate surface area is 166 Å². The number of thioether (sulfide) groups is 1. The lowest BCUT2D eigenvalue weighted by molar-refractivity contribution is -0.120. The van der Waals surface area contributed by atoms with Gasteiger partial charge in [-0.15, -0.1) is 0 Å². The summed E-state index contributed by atoms with van der Waals surface area (Å²) < 4.78 is 1.78. The third kappa shape index (κ3) is 5.58. The molecule has 0 saturated heterocycles. The highest BCUT2D eigenvalue weighted by Gasteiger charge is 2.21. The maximum atomic E-state index is 13.2. The van der Waals surface area contributed by atoms with Crippen LogP contribution in [-0.4, -0.2) is 27.3 Å². The molecule has 0 aliphatic carbocycles. The fraction of sp³-hybridized carbons (Fsp3) is 0.571. The van der Waals surface area contributed by atoms with Crippen LogP contribution in [0.4, 0.5) is 0 Å². The second kappa shape index (κ2) is 9.93. The fourth-order valence-electron chi connectivity index (χ4n) is 3.08. The van der Waals surface area contributed by atoms with Crippen LogP contribution in [0.25, 0.3) is 10.9 Å². The van der Waals surface area contributed by atoms with E-state index in [-0.39, 0.29) is 22.8 Å². The Morgan fingerprint density at radius 2 is 1.89 bits per heavy atom. The number of fused-ring (bicyclic) bond motifs is 1. The van der Waals surface area contributed by atoms with Gasteiger partial charge >= 0.3 is 0 Å². The lowest BCUT2D eigenvalue weighted by Gasteiger charge is -2.21. The molecule has 1 N–H and O–H groups in total. The molecule has 1 heterocycles. The van der Waals surface area contributed by atoms with Crippen LogP contribution >= 0.6 is 11.8 Å². The van der Waals surface area contributed by atoms with Gasteiger partial charge in [0, 0.05) is 12.6 Å². The SMILES string of the molecule is CCNC(=O)[C@H](C)Sc1nc2ccccc2c(=O)n1[C@H](C)CCCC(C)C. The summed E-state index contributed by atoms with van der Waals surface area (Å²) in [6.45, 7) is 10.8. The average Bonchev–Trinajstić information content (AvgIpc) is 2.61. The normalized spacial score (nSPS) is 13.7. The Kier molecular flexibility index (Phi) is 7.90. The predicted molar refractivity (Wildman–Crippen MR) is 113 cm³/mol. The van der Waals surface area contributed by atoms with Crippen molar-refractivity contribution in [3.8, 4) is 0 Å². The molecule has 0 aliphatic heterocycles. The van der Waals surface area contributed by atoms with E-state index >= 15 is 0 Å². The molecule has 0 aliphatic rings. The second-order valence-electron chi connectivity index (χ2n) is 7.42. The van der Waals surface area contributed by atoms with Gasteiger partial charge in [0.05, 0.1) is 16.2 Å². The van der Waals surface area contributed by atoms with Crippen LogP contribution in [0.3, 0.4) is 0 Å². The molecule has 2 rings (SSSR count). The van der Waals surface area contributed by atoms with Gasteiger partial charge in [0.25, 0.3) is 5.56 Å². The molecule has 5 nitrogen and oxygen atoms in total. The third-order valence-corrected chi connectivity index (χ3v) is 5.69. The van der Waals surface area contributed by atoms with Crippen LogP contribution in [0, 0.1) is 5.92 Å². The summed E-state index contributed by atoms with van der Waals surface area (Å²) in [7, 11) is 0. The molecular formula is C21H31N3O2S. The second-order valence-corrected chi connectivity index (χ2v) is 8.72. The van der Waals surface area contributed by atoms with E-state index in [0.717, 1.165) is 19.3 Å². The molecule has 1 aromatic carbocycles. The molecule has 1 amide bonds. The van der Waals surface area contributed by atoms with E-state index in [1.165, 1.54) is 11.8 Å². The van der Waals surface area contributed by atoms with Crippen LogP contribution in [0.2, 0.25) is 0 Å². The topological polar surface area (TPSA) is 64.0 Å². The van der Waals surface area contributed by atoms with E-state index in [1.54, 1.807) is 4.57 Å². The zero-order valence-electron chi connectivity index (χ0n) is 17.0. The van der Waals surface area contributed by atoms with Gasteiger partial charge in [0.1, 0.15) is 0 Å². The average molecular weight is 390 g/mol. The van der Waals surface area contributed by atoms with Crippen molar-refractivity contribution in [2.75, 3.05) is 6.54 Å². The van der Waals surface area contributed by atoms with Crippen molar-refractivity contribution in [2.24, 2.45) is 5.92 Å². The maximum absolute atomic E-state index is 13.2. The summed E-state index contributed by atoms with van der Waals surface area (Å²) >= 11 is 1.36. The van der Waals surface area contributed by atoms with E-state index in [4.69, 9.17) is 4.98 Å². The minimum Gasteiger partial charge on any atom is -0.355 e. The number of para-hydroxylation sites is 1. The zero-order chi connectivity index (χ0) is 20.0. The van der Waals surface area contributed by atoms with Gasteiger partial charge in [-0.05, 0) is 45.2 Å². The Bertz CT molecular complexity index is 832.